The van der Waals surface area contributed by atoms with Gasteiger partial charge in [0.2, 0.25) is 0 Å². The summed E-state index contributed by atoms with van der Waals surface area (Å²) in [5.74, 6) is 0.741. The first-order chi connectivity index (χ1) is 14.0. The highest BCUT2D eigenvalue weighted by atomic mass is 127. The summed E-state index contributed by atoms with van der Waals surface area (Å²) < 4.78 is 5.38. The Kier molecular flexibility index (Phi) is 9.86. The summed E-state index contributed by atoms with van der Waals surface area (Å²) in [6.07, 6.45) is 2.99. The molecule has 0 spiro atoms. The zero-order valence-electron chi connectivity index (χ0n) is 18.3. The normalized spacial score (nSPS) is 17.4. The molecule has 1 atom stereocenters. The number of nitrogens with zero attached hydrogens (tertiary/aromatic N) is 2. The highest BCUT2D eigenvalue weighted by molar-refractivity contribution is 14.0. The Morgan fingerprint density at radius 1 is 1.30 bits per heavy atom. The maximum atomic E-state index is 10.8. The number of nitrogens with one attached hydrogen (secondary N) is 3. The van der Waals surface area contributed by atoms with Gasteiger partial charge in [-0.1, -0.05) is 12.1 Å². The molecule has 3 rings (SSSR count). The summed E-state index contributed by atoms with van der Waals surface area (Å²) in [5.41, 5.74) is 2.87. The van der Waals surface area contributed by atoms with E-state index in [1.54, 1.807) is 0 Å². The average molecular weight is 529 g/mol. The second kappa shape index (κ2) is 11.9. The van der Waals surface area contributed by atoms with Crippen molar-refractivity contribution in [3.05, 3.63) is 35.5 Å². The third-order valence-corrected chi connectivity index (χ3v) is 5.20. The van der Waals surface area contributed by atoms with Gasteiger partial charge in [0, 0.05) is 49.8 Å². The maximum Gasteiger partial charge on any atom is 0.191 e. The number of halogens is 1. The molecule has 1 fully saturated rings. The highest BCUT2D eigenvalue weighted by Gasteiger charge is 2.25. The number of rotatable bonds is 8. The molecule has 1 saturated heterocycles. The third kappa shape index (κ3) is 7.40. The Morgan fingerprint density at radius 3 is 2.80 bits per heavy atom. The van der Waals surface area contributed by atoms with Crippen molar-refractivity contribution in [3.8, 4) is 0 Å². The second-order valence-corrected chi connectivity index (χ2v) is 8.12. The van der Waals surface area contributed by atoms with Crippen LogP contribution in [0.25, 0.3) is 10.9 Å². The Bertz CT molecular complexity index is 815. The van der Waals surface area contributed by atoms with Crippen molar-refractivity contribution in [1.29, 1.82) is 0 Å². The molecular formula is C22H36IN5O2. The predicted molar refractivity (Wildman–Crippen MR) is 134 cm³/mol. The molecule has 168 valence electrons. The lowest BCUT2D eigenvalue weighted by molar-refractivity contribution is -0.0179. The summed E-state index contributed by atoms with van der Waals surface area (Å²) in [4.78, 5) is 10.2. The van der Waals surface area contributed by atoms with E-state index in [-0.39, 0.29) is 24.0 Å². The zero-order valence-corrected chi connectivity index (χ0v) is 20.7. The Hall–Kier alpha value is -1.36. The topological polar surface area (TPSA) is 84.9 Å². The molecule has 0 aliphatic carbocycles. The van der Waals surface area contributed by atoms with Gasteiger partial charge in [-0.15, -0.1) is 24.0 Å². The number of fused-ring (bicyclic) bond motifs is 1. The fourth-order valence-corrected chi connectivity index (χ4v) is 3.70. The Morgan fingerprint density at radius 2 is 2.07 bits per heavy atom. The van der Waals surface area contributed by atoms with E-state index < -0.39 is 5.60 Å². The molecule has 0 radical (unpaired) electrons. The quantitative estimate of drug-likeness (QED) is 0.240. The number of aromatic nitrogens is 1. The summed E-state index contributed by atoms with van der Waals surface area (Å²) in [7, 11) is 0. The molecule has 1 aliphatic heterocycles. The third-order valence-electron chi connectivity index (χ3n) is 5.20. The maximum absolute atomic E-state index is 10.8. The van der Waals surface area contributed by atoms with Crippen LogP contribution in [-0.2, 0) is 11.2 Å². The van der Waals surface area contributed by atoms with Crippen LogP contribution in [0.15, 0.2) is 29.4 Å². The van der Waals surface area contributed by atoms with E-state index in [2.05, 4.69) is 56.8 Å². The summed E-state index contributed by atoms with van der Waals surface area (Å²) in [5, 5.41) is 18.7. The summed E-state index contributed by atoms with van der Waals surface area (Å²) in [6, 6.07) is 6.50. The SMILES string of the molecule is CCNC(=NCC(C)(O)CN1CCOCC1)NCCc1c[nH]c2cc(C)ccc12.I. The fraction of sp³-hybridized carbons (Fsp3) is 0.591. The summed E-state index contributed by atoms with van der Waals surface area (Å²) in [6.45, 7) is 11.7. The Balaban J connectivity index is 0.00000320. The molecule has 1 unspecified atom stereocenters. The number of benzene rings is 1. The molecule has 7 nitrogen and oxygen atoms in total. The van der Waals surface area contributed by atoms with E-state index in [1.165, 1.54) is 22.0 Å². The van der Waals surface area contributed by atoms with E-state index in [0.29, 0.717) is 13.1 Å². The number of H-pyrrole nitrogens is 1. The van der Waals surface area contributed by atoms with Gasteiger partial charge < -0.3 is 25.5 Å². The van der Waals surface area contributed by atoms with Gasteiger partial charge in [0.25, 0.3) is 0 Å². The minimum absolute atomic E-state index is 0. The zero-order chi connectivity index (χ0) is 20.7. The van der Waals surface area contributed by atoms with Crippen LogP contribution in [0.2, 0.25) is 0 Å². The standard InChI is InChI=1S/C22H35N5O2.HI/c1-4-23-21(26-15-22(3,28)16-27-9-11-29-12-10-27)24-8-7-18-14-25-20-13-17(2)5-6-19(18)20;/h5-6,13-14,25,28H,4,7-12,15-16H2,1-3H3,(H2,23,24,26);1H. The fourth-order valence-electron chi connectivity index (χ4n) is 3.70. The highest BCUT2D eigenvalue weighted by Crippen LogP contribution is 2.19. The van der Waals surface area contributed by atoms with Crippen molar-refractivity contribution in [2.45, 2.75) is 32.8 Å². The minimum atomic E-state index is -0.867. The number of morpholine rings is 1. The van der Waals surface area contributed by atoms with Crippen LogP contribution in [0.5, 0.6) is 0 Å². The number of aliphatic hydroxyl groups is 1. The molecule has 4 N–H and O–H groups in total. The number of ether oxygens (including phenoxy) is 1. The molecule has 8 heteroatoms. The predicted octanol–water partition coefficient (Wildman–Crippen LogP) is 2.28. The lowest BCUT2D eigenvalue weighted by Crippen LogP contribution is -2.48. The van der Waals surface area contributed by atoms with Crippen LogP contribution in [0.4, 0.5) is 0 Å². The minimum Gasteiger partial charge on any atom is -0.387 e. The molecule has 30 heavy (non-hydrogen) atoms. The first kappa shape index (κ1) is 24.9. The first-order valence-corrected chi connectivity index (χ1v) is 10.6. The van der Waals surface area contributed by atoms with Gasteiger partial charge in [-0.3, -0.25) is 9.89 Å². The average Bonchev–Trinajstić information content (AvgIpc) is 3.08. The Labute approximate surface area is 196 Å². The largest absolute Gasteiger partial charge is 0.387 e. The molecule has 0 amide bonds. The van der Waals surface area contributed by atoms with Gasteiger partial charge in [0.05, 0.1) is 25.4 Å². The van der Waals surface area contributed by atoms with Crippen molar-refractivity contribution in [3.63, 3.8) is 0 Å². The van der Waals surface area contributed by atoms with Crippen LogP contribution in [0.3, 0.4) is 0 Å². The molecule has 2 heterocycles. The lowest BCUT2D eigenvalue weighted by Gasteiger charge is -2.33. The van der Waals surface area contributed by atoms with Crippen LogP contribution in [0.1, 0.15) is 25.0 Å². The van der Waals surface area contributed by atoms with Gasteiger partial charge in [-0.25, -0.2) is 0 Å². The number of guanidine groups is 1. The number of aromatic amines is 1. The van der Waals surface area contributed by atoms with Gasteiger partial charge in [0.1, 0.15) is 0 Å². The smallest absolute Gasteiger partial charge is 0.191 e. The molecule has 1 aliphatic rings. The van der Waals surface area contributed by atoms with Crippen LogP contribution >= 0.6 is 24.0 Å². The monoisotopic (exact) mass is 529 g/mol. The van der Waals surface area contributed by atoms with Crippen LogP contribution in [-0.4, -0.2) is 79.0 Å². The number of aliphatic imine (C=N–C) groups is 1. The van der Waals surface area contributed by atoms with Crippen LogP contribution in [0, 0.1) is 6.92 Å². The van der Waals surface area contributed by atoms with E-state index in [4.69, 9.17) is 4.74 Å². The lowest BCUT2D eigenvalue weighted by atomic mass is 10.1. The van der Waals surface area contributed by atoms with Crippen molar-refractivity contribution in [1.82, 2.24) is 20.5 Å². The van der Waals surface area contributed by atoms with E-state index in [0.717, 1.165) is 51.8 Å². The molecule has 0 saturated carbocycles. The van der Waals surface area contributed by atoms with Gasteiger partial charge in [-0.05, 0) is 44.4 Å². The number of hydrogen-bond acceptors (Lipinski definition) is 4. The van der Waals surface area contributed by atoms with E-state index in [9.17, 15) is 5.11 Å². The molecule has 1 aromatic carbocycles. The molecular weight excluding hydrogens is 493 g/mol. The van der Waals surface area contributed by atoms with Crippen molar-refractivity contribution in [2.75, 3.05) is 52.5 Å². The molecule has 0 bridgehead atoms. The number of β-amino-alcohol motifs (C(OH)–C–C–N with tert-alkyl or cyclic N) is 1. The molecule has 2 aromatic rings. The van der Waals surface area contributed by atoms with Crippen molar-refractivity contribution < 1.29 is 9.84 Å². The number of hydrogen-bond donors (Lipinski definition) is 4. The second-order valence-electron chi connectivity index (χ2n) is 8.12. The van der Waals surface area contributed by atoms with E-state index >= 15 is 0 Å². The van der Waals surface area contributed by atoms with Gasteiger partial charge >= 0.3 is 0 Å². The van der Waals surface area contributed by atoms with Gasteiger partial charge in [-0.2, -0.15) is 0 Å². The first-order valence-electron chi connectivity index (χ1n) is 10.6. The number of aryl methyl sites for hydroxylation is 1. The van der Waals surface area contributed by atoms with Crippen molar-refractivity contribution >= 4 is 40.8 Å². The molecule has 1 aromatic heterocycles. The van der Waals surface area contributed by atoms with Gasteiger partial charge in [0.15, 0.2) is 5.96 Å². The van der Waals surface area contributed by atoms with Crippen molar-refractivity contribution in [2.24, 2.45) is 4.99 Å². The van der Waals surface area contributed by atoms with E-state index in [1.807, 2.05) is 13.8 Å². The van der Waals surface area contributed by atoms with Crippen LogP contribution < -0.4 is 10.6 Å². The summed E-state index contributed by atoms with van der Waals surface area (Å²) >= 11 is 0.